The minimum atomic E-state index is -0.132. The number of piperidine rings is 1. The van der Waals surface area contributed by atoms with Crippen molar-refractivity contribution in [3.05, 3.63) is 0 Å². The van der Waals surface area contributed by atoms with E-state index in [0.29, 0.717) is 18.2 Å². The van der Waals surface area contributed by atoms with Crippen molar-refractivity contribution in [1.82, 2.24) is 4.90 Å². The van der Waals surface area contributed by atoms with Crippen molar-refractivity contribution < 1.29 is 14.3 Å². The van der Waals surface area contributed by atoms with Gasteiger partial charge < -0.3 is 4.74 Å². The lowest BCUT2D eigenvalue weighted by molar-refractivity contribution is -0.141. The Morgan fingerprint density at radius 3 is 2.80 bits per heavy atom. The molecule has 4 heteroatoms. The summed E-state index contributed by atoms with van der Waals surface area (Å²) < 4.78 is 4.69. The van der Waals surface area contributed by atoms with Crippen molar-refractivity contribution in [3.63, 3.8) is 0 Å². The van der Waals surface area contributed by atoms with E-state index in [1.807, 2.05) is 0 Å². The molecular weight excluding hydrogens is 254 g/mol. The maximum atomic E-state index is 12.2. The Morgan fingerprint density at radius 1 is 1.25 bits per heavy atom. The first kappa shape index (κ1) is 15.5. The molecule has 2 fully saturated rings. The minimum absolute atomic E-state index is 0.132. The summed E-state index contributed by atoms with van der Waals surface area (Å²) >= 11 is 0. The molecule has 2 rings (SSSR count). The number of carbonyl (C=O) groups is 2. The maximum absolute atomic E-state index is 12.2. The van der Waals surface area contributed by atoms with Gasteiger partial charge in [0, 0.05) is 24.8 Å². The highest BCUT2D eigenvalue weighted by Gasteiger charge is 2.34. The van der Waals surface area contributed by atoms with Crippen LogP contribution in [-0.2, 0) is 14.3 Å². The quantitative estimate of drug-likeness (QED) is 0.727. The molecule has 0 radical (unpaired) electrons. The number of nitrogens with zero attached hydrogens (tertiary/aromatic N) is 1. The number of esters is 1. The molecule has 0 bridgehead atoms. The molecule has 0 aromatic heterocycles. The summed E-state index contributed by atoms with van der Waals surface area (Å²) in [5.41, 5.74) is 0. The first-order valence-corrected chi connectivity index (χ1v) is 8.06. The molecule has 2 aliphatic rings. The van der Waals surface area contributed by atoms with Gasteiger partial charge in [0.1, 0.15) is 5.78 Å². The second-order valence-corrected chi connectivity index (χ2v) is 6.10. The molecule has 0 aromatic rings. The lowest BCUT2D eigenvalue weighted by Crippen LogP contribution is -2.47. The third-order valence-electron chi connectivity index (χ3n) is 4.78. The zero-order chi connectivity index (χ0) is 14.4. The number of Topliss-reactive ketones (excluding diaryl/α,β-unsaturated/α-hetero) is 1. The first-order chi connectivity index (χ1) is 9.72. The van der Waals surface area contributed by atoms with Crippen LogP contribution in [-0.4, -0.2) is 42.9 Å². The molecule has 0 amide bonds. The standard InChI is InChI=1S/C16H27NO3/c1-20-16(19)10-6-12-17-11-5-4-8-14(17)13-7-2-3-9-15(13)18/h13-14H,2-12H2,1H3. The van der Waals surface area contributed by atoms with Gasteiger partial charge in [0.25, 0.3) is 0 Å². The van der Waals surface area contributed by atoms with Crippen molar-refractivity contribution in [2.45, 2.75) is 63.8 Å². The fourth-order valence-electron chi connectivity index (χ4n) is 3.70. The number of hydrogen-bond donors (Lipinski definition) is 0. The van der Waals surface area contributed by atoms with Crippen LogP contribution in [0.5, 0.6) is 0 Å². The van der Waals surface area contributed by atoms with Gasteiger partial charge in [-0.2, -0.15) is 0 Å². The lowest BCUT2D eigenvalue weighted by atomic mass is 9.79. The van der Waals surface area contributed by atoms with Crippen molar-refractivity contribution in [2.24, 2.45) is 5.92 Å². The summed E-state index contributed by atoms with van der Waals surface area (Å²) in [5, 5.41) is 0. The fraction of sp³-hybridized carbons (Fsp3) is 0.875. The van der Waals surface area contributed by atoms with E-state index in [9.17, 15) is 9.59 Å². The largest absolute Gasteiger partial charge is 0.469 e. The summed E-state index contributed by atoms with van der Waals surface area (Å²) in [4.78, 5) is 25.8. The Hall–Kier alpha value is -0.900. The van der Waals surface area contributed by atoms with Gasteiger partial charge in [-0.3, -0.25) is 14.5 Å². The predicted molar refractivity (Wildman–Crippen MR) is 77.4 cm³/mol. The molecule has 4 nitrogen and oxygen atoms in total. The van der Waals surface area contributed by atoms with Crippen molar-refractivity contribution in [2.75, 3.05) is 20.2 Å². The van der Waals surface area contributed by atoms with E-state index in [1.165, 1.54) is 26.4 Å². The molecule has 0 aromatic carbocycles. The van der Waals surface area contributed by atoms with Crippen LogP contribution < -0.4 is 0 Å². The van der Waals surface area contributed by atoms with Crippen LogP contribution >= 0.6 is 0 Å². The van der Waals surface area contributed by atoms with E-state index in [0.717, 1.165) is 45.2 Å². The highest BCUT2D eigenvalue weighted by atomic mass is 16.5. The van der Waals surface area contributed by atoms with Crippen molar-refractivity contribution in [1.29, 1.82) is 0 Å². The van der Waals surface area contributed by atoms with Gasteiger partial charge in [-0.15, -0.1) is 0 Å². The summed E-state index contributed by atoms with van der Waals surface area (Å²) in [7, 11) is 1.44. The third kappa shape index (κ3) is 4.05. The molecule has 1 aliphatic carbocycles. The van der Waals surface area contributed by atoms with E-state index in [1.54, 1.807) is 0 Å². The van der Waals surface area contributed by atoms with Crippen LogP contribution in [0.25, 0.3) is 0 Å². The van der Waals surface area contributed by atoms with E-state index < -0.39 is 0 Å². The number of hydrogen-bond acceptors (Lipinski definition) is 4. The van der Waals surface area contributed by atoms with Crippen LogP contribution in [0.4, 0.5) is 0 Å². The zero-order valence-corrected chi connectivity index (χ0v) is 12.6. The monoisotopic (exact) mass is 281 g/mol. The van der Waals surface area contributed by atoms with Gasteiger partial charge in [-0.1, -0.05) is 12.8 Å². The van der Waals surface area contributed by atoms with Crippen LogP contribution in [0.1, 0.15) is 57.8 Å². The molecule has 114 valence electrons. The highest BCUT2D eigenvalue weighted by molar-refractivity contribution is 5.82. The second kappa shape index (κ2) is 7.77. The summed E-state index contributed by atoms with van der Waals surface area (Å²) in [5.74, 6) is 0.593. The third-order valence-corrected chi connectivity index (χ3v) is 4.78. The van der Waals surface area contributed by atoms with E-state index in [4.69, 9.17) is 0 Å². The van der Waals surface area contributed by atoms with Gasteiger partial charge in [0.2, 0.25) is 0 Å². The number of carbonyl (C=O) groups excluding carboxylic acids is 2. The molecule has 1 aliphatic heterocycles. The van der Waals surface area contributed by atoms with Crippen molar-refractivity contribution >= 4 is 11.8 Å². The average Bonchev–Trinajstić information content (AvgIpc) is 2.48. The van der Waals surface area contributed by atoms with E-state index in [2.05, 4.69) is 9.64 Å². The number of ether oxygens (including phenoxy) is 1. The number of likely N-dealkylation sites (tertiary alicyclic amines) is 1. The van der Waals surface area contributed by atoms with Crippen LogP contribution in [0.3, 0.4) is 0 Å². The molecule has 2 atom stereocenters. The van der Waals surface area contributed by atoms with Gasteiger partial charge in [0.15, 0.2) is 0 Å². The predicted octanol–water partition coefficient (Wildman–Crippen LogP) is 2.55. The Morgan fingerprint density at radius 2 is 2.05 bits per heavy atom. The SMILES string of the molecule is COC(=O)CCCN1CCCCC1C1CCCCC1=O. The highest BCUT2D eigenvalue weighted by Crippen LogP contribution is 2.31. The maximum Gasteiger partial charge on any atom is 0.305 e. The Kier molecular flexibility index (Phi) is 6.02. The zero-order valence-electron chi connectivity index (χ0n) is 12.6. The Labute approximate surface area is 121 Å². The average molecular weight is 281 g/mol. The molecule has 2 unspecified atom stereocenters. The summed E-state index contributed by atoms with van der Waals surface area (Å²) in [6, 6.07) is 0.425. The van der Waals surface area contributed by atoms with Crippen molar-refractivity contribution in [3.8, 4) is 0 Å². The van der Waals surface area contributed by atoms with Crippen LogP contribution in [0, 0.1) is 5.92 Å². The number of methoxy groups -OCH3 is 1. The lowest BCUT2D eigenvalue weighted by Gasteiger charge is -2.41. The van der Waals surface area contributed by atoms with Gasteiger partial charge in [-0.05, 0) is 45.2 Å². The summed E-state index contributed by atoms with van der Waals surface area (Å²) in [6.45, 7) is 2.00. The van der Waals surface area contributed by atoms with Gasteiger partial charge in [-0.25, -0.2) is 0 Å². The van der Waals surface area contributed by atoms with Gasteiger partial charge in [0.05, 0.1) is 7.11 Å². The van der Waals surface area contributed by atoms with E-state index in [-0.39, 0.29) is 11.9 Å². The second-order valence-electron chi connectivity index (χ2n) is 6.10. The van der Waals surface area contributed by atoms with Crippen LogP contribution in [0.2, 0.25) is 0 Å². The topological polar surface area (TPSA) is 46.6 Å². The fourth-order valence-corrected chi connectivity index (χ4v) is 3.70. The summed E-state index contributed by atoms with van der Waals surface area (Å²) in [6.07, 6.45) is 9.04. The van der Waals surface area contributed by atoms with E-state index >= 15 is 0 Å². The Balaban J connectivity index is 1.87. The molecule has 20 heavy (non-hydrogen) atoms. The van der Waals surface area contributed by atoms with Gasteiger partial charge >= 0.3 is 5.97 Å². The molecule has 0 spiro atoms. The number of ketones is 1. The Bertz CT molecular complexity index is 343. The first-order valence-electron chi connectivity index (χ1n) is 8.06. The normalized spacial score (nSPS) is 28.4. The molecular formula is C16H27NO3. The number of rotatable bonds is 5. The molecule has 0 N–H and O–H groups in total. The molecule has 1 saturated heterocycles. The van der Waals surface area contributed by atoms with Crippen LogP contribution in [0.15, 0.2) is 0 Å². The minimum Gasteiger partial charge on any atom is -0.469 e. The molecule has 1 heterocycles. The smallest absolute Gasteiger partial charge is 0.305 e. The molecule has 1 saturated carbocycles.